The molecule has 0 saturated heterocycles. The van der Waals surface area contributed by atoms with Gasteiger partial charge in [0.2, 0.25) is 0 Å². The topological polar surface area (TPSA) is 33.5 Å². The molecule has 0 bridgehead atoms. The van der Waals surface area contributed by atoms with E-state index in [1.807, 2.05) is 24.3 Å². The summed E-state index contributed by atoms with van der Waals surface area (Å²) in [7, 11) is -3.22. The smallest absolute Gasteiger partial charge is 0.181 e. The number of hydrogen-bond donors (Lipinski definition) is 0. The van der Waals surface area contributed by atoms with Gasteiger partial charge in [0.1, 0.15) is 24.0 Å². The van der Waals surface area contributed by atoms with Gasteiger partial charge in [0.05, 0.1) is 32.2 Å². The van der Waals surface area contributed by atoms with Crippen molar-refractivity contribution < 1.29 is 13.0 Å². The maximum absolute atomic E-state index is 8.76. The summed E-state index contributed by atoms with van der Waals surface area (Å²) in [5, 5.41) is 7.01. The molecule has 12 aromatic rings. The third kappa shape index (κ3) is 7.46. The highest BCUT2D eigenvalue weighted by molar-refractivity contribution is 7.23. The maximum Gasteiger partial charge on any atom is 0.181 e. The van der Waals surface area contributed by atoms with Crippen LogP contribution in [0.2, 0.25) is 0 Å². The van der Waals surface area contributed by atoms with Crippen LogP contribution in [-0.4, -0.2) is 24.3 Å². The lowest BCUT2D eigenvalue weighted by atomic mass is 9.85. The van der Waals surface area contributed by atoms with Crippen LogP contribution in [0.1, 0.15) is 40.1 Å². The molecular weight excluding hydrogens is 953 g/mol. The molecule has 0 radical (unpaired) electrons. The highest BCUT2D eigenvalue weighted by Crippen LogP contribution is 2.51. The molecule has 2 aliphatic heterocycles. The first-order chi connectivity index (χ1) is 40.2. The fraction of sp³-hybridized carbons (Fsp3) is 0.0845. The van der Waals surface area contributed by atoms with Crippen LogP contribution >= 0.6 is 0 Å². The van der Waals surface area contributed by atoms with Gasteiger partial charge in [0.25, 0.3) is 0 Å². The molecule has 14 rings (SSSR count). The molecule has 370 valence electrons. The Morgan fingerprint density at radius 1 is 0.558 bits per heavy atom. The molecular formula is C71H56N4OSi. The maximum atomic E-state index is 8.76. The molecule has 0 atom stereocenters. The number of rotatable bonds is 9. The van der Waals surface area contributed by atoms with Crippen LogP contribution in [0.15, 0.2) is 255 Å². The fourth-order valence-electron chi connectivity index (χ4n) is 12.3. The molecule has 10 aromatic carbocycles. The molecule has 4 heterocycles. The zero-order valence-corrected chi connectivity index (χ0v) is 43.9. The second-order valence-corrected chi connectivity index (χ2v) is 24.8. The number of nitrogens with zero attached hydrogens (tertiary/aromatic N) is 4. The van der Waals surface area contributed by atoms with E-state index in [2.05, 4.69) is 217 Å². The van der Waals surface area contributed by atoms with E-state index >= 15 is 0 Å². The molecule has 5 nitrogen and oxygen atoms in total. The van der Waals surface area contributed by atoms with E-state index in [1.54, 1.807) is 30.5 Å². The van der Waals surface area contributed by atoms with Crippen LogP contribution in [0.5, 0.6) is 11.5 Å². The van der Waals surface area contributed by atoms with Gasteiger partial charge >= 0.3 is 0 Å². The van der Waals surface area contributed by atoms with Crippen LogP contribution in [0.25, 0.3) is 61.0 Å². The summed E-state index contributed by atoms with van der Waals surface area (Å²) < 4.78 is 61.0. The zero-order valence-electron chi connectivity index (χ0n) is 48.9. The number of fused-ring (bicyclic) bond motifs is 8. The van der Waals surface area contributed by atoms with Crippen molar-refractivity contribution in [3.63, 3.8) is 0 Å². The molecule has 2 aromatic heterocycles. The first-order valence-electron chi connectivity index (χ1n) is 29.2. The van der Waals surface area contributed by atoms with Crippen molar-refractivity contribution in [1.82, 2.24) is 9.55 Å². The summed E-state index contributed by atoms with van der Waals surface area (Å²) in [6, 6.07) is 79.4. The highest BCUT2D eigenvalue weighted by atomic mass is 28.3. The number of hydrogen-bond acceptors (Lipinski definition) is 4. The molecule has 0 aliphatic carbocycles. The Hall–Kier alpha value is -9.23. The van der Waals surface area contributed by atoms with E-state index in [0.29, 0.717) is 29.5 Å². The Morgan fingerprint density at radius 2 is 1.22 bits per heavy atom. The summed E-state index contributed by atoms with van der Waals surface area (Å²) in [5.74, 6) is 1.79. The Bertz CT molecular complexity index is 4490. The molecule has 0 saturated carbocycles. The second kappa shape index (κ2) is 18.3. The first kappa shape index (κ1) is 40.1. The van der Waals surface area contributed by atoms with Crippen LogP contribution in [0.3, 0.4) is 0 Å². The van der Waals surface area contributed by atoms with Crippen molar-refractivity contribution in [2.45, 2.75) is 33.0 Å². The number of ether oxygens (including phenoxy) is 1. The van der Waals surface area contributed by atoms with Crippen molar-refractivity contribution in [3.05, 3.63) is 266 Å². The number of aryl methyl sites for hydroxylation is 1. The number of pyridine rings is 1. The third-order valence-corrected chi connectivity index (χ3v) is 20.5. The summed E-state index contributed by atoms with van der Waals surface area (Å²) in [5.41, 5.74) is 12.6. The molecule has 0 amide bonds. The fourth-order valence-corrected chi connectivity index (χ4v) is 17.7. The Morgan fingerprint density at radius 3 is 1.99 bits per heavy atom. The van der Waals surface area contributed by atoms with Crippen LogP contribution in [-0.2, 0) is 5.41 Å². The third-order valence-electron chi connectivity index (χ3n) is 15.6. The summed E-state index contributed by atoms with van der Waals surface area (Å²) in [6.45, 7) is 4.73. The van der Waals surface area contributed by atoms with Gasteiger partial charge in [-0.15, -0.1) is 0 Å². The van der Waals surface area contributed by atoms with Gasteiger partial charge in [-0.1, -0.05) is 215 Å². The molecule has 0 unspecified atom stereocenters. The zero-order chi connectivity index (χ0) is 56.9. The van der Waals surface area contributed by atoms with E-state index in [9.17, 15) is 0 Å². The minimum Gasteiger partial charge on any atom is -0.457 e. The average Bonchev–Trinajstić information content (AvgIpc) is 1.67. The minimum absolute atomic E-state index is 0.00104. The van der Waals surface area contributed by atoms with Crippen LogP contribution in [0, 0.1) is 6.85 Å². The molecule has 0 spiro atoms. The lowest BCUT2D eigenvalue weighted by molar-refractivity contribution is 0.485. The molecule has 2 aliphatic rings. The van der Waals surface area contributed by atoms with Gasteiger partial charge in [-0.25, -0.2) is 4.98 Å². The normalized spacial score (nSPS) is 14.7. The minimum atomic E-state index is -3.22. The van der Waals surface area contributed by atoms with Gasteiger partial charge in [-0.3, -0.25) is 4.57 Å². The van der Waals surface area contributed by atoms with Crippen molar-refractivity contribution in [2.75, 3.05) is 16.5 Å². The van der Waals surface area contributed by atoms with E-state index in [0.717, 1.165) is 72.4 Å². The van der Waals surface area contributed by atoms with Gasteiger partial charge in [0, 0.05) is 55.6 Å². The van der Waals surface area contributed by atoms with Crippen molar-refractivity contribution >= 4 is 73.4 Å². The Labute approximate surface area is 460 Å². The number of para-hydroxylation sites is 4. The summed E-state index contributed by atoms with van der Waals surface area (Å²) in [4.78, 5) is 9.56. The van der Waals surface area contributed by atoms with Gasteiger partial charge in [0.15, 0.2) is 8.07 Å². The number of anilines is 4. The lowest BCUT2D eigenvalue weighted by Crippen LogP contribution is -2.73. The Kier molecular flexibility index (Phi) is 9.51. The van der Waals surface area contributed by atoms with Crippen molar-refractivity contribution in [3.8, 4) is 50.7 Å². The molecule has 0 N–H and O–H groups in total. The lowest BCUT2D eigenvalue weighted by Gasteiger charge is -2.32. The van der Waals surface area contributed by atoms with E-state index in [-0.39, 0.29) is 29.1 Å². The van der Waals surface area contributed by atoms with Gasteiger partial charge in [-0.2, -0.15) is 0 Å². The summed E-state index contributed by atoms with van der Waals surface area (Å²) in [6.07, 6.45) is 1.59. The van der Waals surface area contributed by atoms with Crippen LogP contribution < -0.4 is 35.3 Å². The molecule has 0 fully saturated rings. The van der Waals surface area contributed by atoms with E-state index < -0.39 is 14.9 Å². The predicted molar refractivity (Wildman–Crippen MR) is 324 cm³/mol. The van der Waals surface area contributed by atoms with Gasteiger partial charge in [-0.05, 0) is 103 Å². The monoisotopic (exact) mass is 1010 g/mol. The van der Waals surface area contributed by atoms with Crippen LogP contribution in [0.4, 0.5) is 22.7 Å². The predicted octanol–water partition coefficient (Wildman–Crippen LogP) is 15.5. The van der Waals surface area contributed by atoms with Gasteiger partial charge < -0.3 is 14.5 Å². The van der Waals surface area contributed by atoms with Crippen molar-refractivity contribution in [2.24, 2.45) is 0 Å². The van der Waals surface area contributed by atoms with E-state index in [4.69, 9.17) is 17.9 Å². The van der Waals surface area contributed by atoms with E-state index in [1.165, 1.54) is 26.3 Å². The number of aromatic nitrogens is 2. The summed E-state index contributed by atoms with van der Waals surface area (Å²) >= 11 is 0. The first-order valence-corrected chi connectivity index (χ1v) is 28.2. The Balaban J connectivity index is 0.976. The largest absolute Gasteiger partial charge is 0.457 e. The van der Waals surface area contributed by atoms with Crippen molar-refractivity contribution in [1.29, 1.82) is 0 Å². The molecule has 6 heteroatoms. The quantitative estimate of drug-likeness (QED) is 0.135. The SMILES string of the molecule is [2H]c1cc(-c2cccc(-c3cccc(C(C)(C)C)c3)c2N2CN(c3cccc(Oc4cc5c(c6c4-c4ccccc4[Si]6(c4ccccc4)c4ccccc4)c4ccccc4n5-c4cc(C([2H])([2H])[2H])ccn4)c3)c3ccccc32)cc([2H])c1[2H]. The average molecular weight is 1020 g/mol. The molecule has 77 heavy (non-hydrogen) atoms. The number of benzene rings is 10. The second-order valence-electron chi connectivity index (χ2n) is 21.1. The standard InChI is InChI=1S/C71H56N4OSi/c1-48-41-42-72-66(43-48)75-60-37-16-14-33-58(60)67-63(75)46-64(68-59-34-15-19-40-65(59)77(70(67)68,54-29-10-6-11-30-54)55-31-12-7-13-32-55)76-53-28-21-27-52(45-53)73-47-74(62-39-18-17-38-61(62)73)69-56(49-23-8-5-9-24-49)35-22-36-57(69)50-25-20-26-51(44-50)71(2,3)4/h5-46H,47H2,1-4H3/i1D3,5D,8D,9D. The highest BCUT2D eigenvalue weighted by Gasteiger charge is 2.51.